The highest BCUT2D eigenvalue weighted by molar-refractivity contribution is 5.67. The molecular formula is C20H24FNO6. The highest BCUT2D eigenvalue weighted by Crippen LogP contribution is 2.25. The van der Waals surface area contributed by atoms with Gasteiger partial charge in [0.05, 0.1) is 6.10 Å². The van der Waals surface area contributed by atoms with Gasteiger partial charge in [-0.25, -0.2) is 9.18 Å². The van der Waals surface area contributed by atoms with Gasteiger partial charge in [0.1, 0.15) is 24.3 Å². The number of ether oxygens (including phenoxy) is 3. The second kappa shape index (κ2) is 11.2. The van der Waals surface area contributed by atoms with E-state index in [2.05, 4.69) is 5.32 Å². The summed E-state index contributed by atoms with van der Waals surface area (Å²) in [4.78, 5) is 11.7. The highest BCUT2D eigenvalue weighted by atomic mass is 19.1. The van der Waals surface area contributed by atoms with Crippen LogP contribution >= 0.6 is 0 Å². The number of aliphatic hydroxyl groups is 2. The lowest BCUT2D eigenvalue weighted by atomic mass is 10.0. The lowest BCUT2D eigenvalue weighted by Gasteiger charge is -2.19. The molecule has 2 rings (SSSR count). The molecular weight excluding hydrogens is 369 g/mol. The van der Waals surface area contributed by atoms with Gasteiger partial charge in [-0.1, -0.05) is 30.3 Å². The van der Waals surface area contributed by atoms with Gasteiger partial charge in [-0.15, -0.1) is 0 Å². The van der Waals surface area contributed by atoms with E-state index in [4.69, 9.17) is 14.2 Å². The number of benzene rings is 2. The van der Waals surface area contributed by atoms with E-state index in [9.17, 15) is 19.4 Å². The Morgan fingerprint density at radius 3 is 2.61 bits per heavy atom. The number of rotatable bonds is 10. The molecule has 2 atom stereocenters. The Hall–Kier alpha value is -2.68. The number of carbonyl (C=O) groups excluding carboxylic acids is 1. The van der Waals surface area contributed by atoms with Crippen LogP contribution in [0.1, 0.15) is 23.7 Å². The maximum Gasteiger partial charge on any atom is 0.407 e. The molecule has 28 heavy (non-hydrogen) atoms. The van der Waals surface area contributed by atoms with Crippen molar-refractivity contribution in [3.05, 3.63) is 65.5 Å². The highest BCUT2D eigenvalue weighted by Gasteiger charge is 2.22. The summed E-state index contributed by atoms with van der Waals surface area (Å²) in [7, 11) is 1.44. The molecule has 0 heterocycles. The molecule has 0 radical (unpaired) electrons. The van der Waals surface area contributed by atoms with Gasteiger partial charge in [0.25, 0.3) is 0 Å². The number of carbonyl (C=O) groups is 1. The number of hydrogen-bond acceptors (Lipinski definition) is 6. The third-order valence-electron chi connectivity index (χ3n) is 3.92. The molecule has 0 fully saturated rings. The summed E-state index contributed by atoms with van der Waals surface area (Å²) in [6.45, 7) is 0.152. The molecule has 2 aromatic carbocycles. The van der Waals surface area contributed by atoms with E-state index < -0.39 is 24.1 Å². The van der Waals surface area contributed by atoms with E-state index in [0.29, 0.717) is 0 Å². The zero-order chi connectivity index (χ0) is 20.4. The van der Waals surface area contributed by atoms with Crippen molar-refractivity contribution in [2.24, 2.45) is 0 Å². The van der Waals surface area contributed by atoms with Gasteiger partial charge < -0.3 is 29.7 Å². The molecule has 0 aliphatic carbocycles. The van der Waals surface area contributed by atoms with Crippen molar-refractivity contribution in [2.75, 3.05) is 20.4 Å². The second-order valence-corrected chi connectivity index (χ2v) is 6.02. The van der Waals surface area contributed by atoms with Crippen LogP contribution < -0.4 is 10.1 Å². The average molecular weight is 393 g/mol. The van der Waals surface area contributed by atoms with Crippen LogP contribution in [0, 0.1) is 5.82 Å². The molecule has 8 heteroatoms. The number of alkyl carbamates (subject to hydrolysis) is 1. The van der Waals surface area contributed by atoms with E-state index in [-0.39, 0.29) is 37.7 Å². The Morgan fingerprint density at radius 1 is 1.18 bits per heavy atom. The maximum absolute atomic E-state index is 14.1. The summed E-state index contributed by atoms with van der Waals surface area (Å²) in [6, 6.07) is 13.1. The first-order valence-electron chi connectivity index (χ1n) is 8.73. The summed E-state index contributed by atoms with van der Waals surface area (Å²) >= 11 is 0. The fourth-order valence-corrected chi connectivity index (χ4v) is 2.43. The molecule has 0 aromatic heterocycles. The van der Waals surface area contributed by atoms with Crippen LogP contribution in [-0.2, 0) is 16.1 Å². The number of methoxy groups -OCH3 is 1. The van der Waals surface area contributed by atoms with Gasteiger partial charge in [0, 0.05) is 25.3 Å². The van der Waals surface area contributed by atoms with E-state index in [0.717, 1.165) is 11.6 Å². The van der Waals surface area contributed by atoms with Crippen LogP contribution in [0.3, 0.4) is 0 Å². The average Bonchev–Trinajstić information content (AvgIpc) is 2.71. The Balaban J connectivity index is 1.76. The monoisotopic (exact) mass is 393 g/mol. The van der Waals surface area contributed by atoms with Crippen molar-refractivity contribution in [1.29, 1.82) is 0 Å². The quantitative estimate of drug-likeness (QED) is 0.537. The van der Waals surface area contributed by atoms with Crippen molar-refractivity contribution in [3.8, 4) is 5.75 Å². The van der Waals surface area contributed by atoms with Crippen molar-refractivity contribution in [3.63, 3.8) is 0 Å². The summed E-state index contributed by atoms with van der Waals surface area (Å²) in [6.07, 6.45) is -3.34. The SMILES string of the molecule is COCOc1ccc(C(O)C(O)CCNC(=O)OCc2ccccc2)c(F)c1. The Bertz CT molecular complexity index is 743. The molecule has 0 aliphatic rings. The minimum Gasteiger partial charge on any atom is -0.467 e. The standard InChI is InChI=1S/C20H24FNO6/c1-26-13-28-15-7-8-16(17(21)11-15)19(24)18(23)9-10-22-20(25)27-12-14-5-3-2-4-6-14/h2-8,11,18-19,23-24H,9-10,12-13H2,1H3,(H,22,25). The fourth-order valence-electron chi connectivity index (χ4n) is 2.43. The van der Waals surface area contributed by atoms with E-state index in [1.54, 1.807) is 0 Å². The van der Waals surface area contributed by atoms with Crippen LogP contribution in [0.4, 0.5) is 9.18 Å². The van der Waals surface area contributed by atoms with Crippen LogP contribution in [0.2, 0.25) is 0 Å². The number of nitrogens with one attached hydrogen (secondary N) is 1. The van der Waals surface area contributed by atoms with Crippen molar-refractivity contribution in [1.82, 2.24) is 5.32 Å². The first-order chi connectivity index (χ1) is 13.5. The van der Waals surface area contributed by atoms with Crippen molar-refractivity contribution in [2.45, 2.75) is 25.2 Å². The van der Waals surface area contributed by atoms with Crippen molar-refractivity contribution >= 4 is 6.09 Å². The molecule has 2 aromatic rings. The minimum absolute atomic E-state index is 0.0168. The van der Waals surface area contributed by atoms with Crippen LogP contribution in [0.5, 0.6) is 5.75 Å². The first kappa shape index (κ1) is 21.6. The molecule has 7 nitrogen and oxygen atoms in total. The third-order valence-corrected chi connectivity index (χ3v) is 3.92. The molecule has 2 unspecified atom stereocenters. The molecule has 0 bridgehead atoms. The van der Waals surface area contributed by atoms with E-state index in [1.807, 2.05) is 30.3 Å². The van der Waals surface area contributed by atoms with Gasteiger partial charge in [-0.2, -0.15) is 0 Å². The summed E-state index contributed by atoms with van der Waals surface area (Å²) < 4.78 is 29.0. The second-order valence-electron chi connectivity index (χ2n) is 6.02. The van der Waals surface area contributed by atoms with Gasteiger partial charge >= 0.3 is 6.09 Å². The van der Waals surface area contributed by atoms with Gasteiger partial charge in [0.2, 0.25) is 0 Å². The zero-order valence-corrected chi connectivity index (χ0v) is 15.5. The summed E-state index contributed by atoms with van der Waals surface area (Å²) in [5.41, 5.74) is 0.783. The molecule has 0 saturated carbocycles. The predicted molar refractivity (Wildman–Crippen MR) is 99.1 cm³/mol. The minimum atomic E-state index is -1.45. The number of amides is 1. The van der Waals surface area contributed by atoms with Gasteiger partial charge in [-0.3, -0.25) is 0 Å². The predicted octanol–water partition coefficient (Wildman–Crippen LogP) is 2.52. The fraction of sp³-hybridized carbons (Fsp3) is 0.350. The molecule has 3 N–H and O–H groups in total. The Labute approximate surface area is 162 Å². The maximum atomic E-state index is 14.1. The number of halogens is 1. The largest absolute Gasteiger partial charge is 0.467 e. The Kier molecular flexibility index (Phi) is 8.67. The van der Waals surface area contributed by atoms with Crippen molar-refractivity contribution < 1.29 is 33.6 Å². The van der Waals surface area contributed by atoms with E-state index >= 15 is 0 Å². The lowest BCUT2D eigenvalue weighted by Crippen LogP contribution is -2.30. The van der Waals surface area contributed by atoms with E-state index in [1.165, 1.54) is 19.2 Å². The summed E-state index contributed by atoms with van der Waals surface area (Å²) in [5, 5.41) is 22.7. The number of aliphatic hydroxyl groups excluding tert-OH is 2. The smallest absolute Gasteiger partial charge is 0.407 e. The molecule has 0 saturated heterocycles. The molecule has 152 valence electrons. The zero-order valence-electron chi connectivity index (χ0n) is 15.5. The van der Waals surface area contributed by atoms with Gasteiger partial charge in [0.15, 0.2) is 6.79 Å². The van der Waals surface area contributed by atoms with Crippen LogP contribution in [0.25, 0.3) is 0 Å². The molecule has 0 aliphatic heterocycles. The summed E-state index contributed by atoms with van der Waals surface area (Å²) in [5.74, 6) is -0.469. The number of hydrogen-bond donors (Lipinski definition) is 3. The van der Waals surface area contributed by atoms with Crippen LogP contribution in [0.15, 0.2) is 48.5 Å². The normalized spacial score (nSPS) is 12.9. The first-order valence-corrected chi connectivity index (χ1v) is 8.73. The molecule has 0 spiro atoms. The lowest BCUT2D eigenvalue weighted by molar-refractivity contribution is 0.0114. The van der Waals surface area contributed by atoms with Crippen LogP contribution in [-0.4, -0.2) is 42.9 Å². The topological polar surface area (TPSA) is 97.3 Å². The molecule has 1 amide bonds. The third kappa shape index (κ3) is 6.80. The Morgan fingerprint density at radius 2 is 1.93 bits per heavy atom. The van der Waals surface area contributed by atoms with Gasteiger partial charge in [-0.05, 0) is 24.1 Å².